The van der Waals surface area contributed by atoms with Crippen LogP contribution in [0.3, 0.4) is 0 Å². The van der Waals surface area contributed by atoms with Crippen LogP contribution in [-0.2, 0) is 6.42 Å². The van der Waals surface area contributed by atoms with Gasteiger partial charge in [0.15, 0.2) is 11.5 Å². The number of nitrogens with zero attached hydrogens (tertiary/aromatic N) is 2. The van der Waals surface area contributed by atoms with E-state index in [4.69, 9.17) is 14.2 Å². The maximum atomic E-state index is 12.3. The van der Waals surface area contributed by atoms with Crippen LogP contribution in [0.2, 0.25) is 0 Å². The fraction of sp³-hybridized carbons (Fsp3) is 0.167. The number of aromatic amines is 1. The van der Waals surface area contributed by atoms with Gasteiger partial charge in [-0.05, 0) is 29.8 Å². The van der Waals surface area contributed by atoms with Gasteiger partial charge in [-0.2, -0.15) is 0 Å². The van der Waals surface area contributed by atoms with Crippen molar-refractivity contribution < 1.29 is 14.2 Å². The summed E-state index contributed by atoms with van der Waals surface area (Å²) in [5.74, 6) is 2.34. The molecule has 0 amide bonds. The summed E-state index contributed by atoms with van der Waals surface area (Å²) in [5.41, 5.74) is 1.70. The highest BCUT2D eigenvalue weighted by Crippen LogP contribution is 2.34. The number of ether oxygens (including phenoxy) is 3. The minimum absolute atomic E-state index is 0.204. The van der Waals surface area contributed by atoms with Crippen molar-refractivity contribution in [2.75, 3.05) is 19.2 Å². The zero-order valence-electron chi connectivity index (χ0n) is 14.0. The van der Waals surface area contributed by atoms with Gasteiger partial charge in [-0.3, -0.25) is 9.78 Å². The molecule has 2 N–H and O–H groups in total. The highest BCUT2D eigenvalue weighted by molar-refractivity contribution is 5.60. The molecule has 0 spiro atoms. The Kier molecular flexibility index (Phi) is 4.14. The minimum atomic E-state index is -0.293. The molecule has 8 nitrogen and oxygen atoms in total. The molecule has 8 heteroatoms. The summed E-state index contributed by atoms with van der Waals surface area (Å²) >= 11 is 0. The predicted molar refractivity (Wildman–Crippen MR) is 94.3 cm³/mol. The molecule has 0 fully saturated rings. The topological polar surface area (TPSA) is 98.4 Å². The molecule has 2 heterocycles. The van der Waals surface area contributed by atoms with Crippen molar-refractivity contribution in [2.24, 2.45) is 0 Å². The molecule has 0 saturated heterocycles. The zero-order chi connectivity index (χ0) is 17.9. The summed E-state index contributed by atoms with van der Waals surface area (Å²) in [6, 6.07) is 12.8. The molecule has 0 atom stereocenters. The smallest absolute Gasteiger partial charge is 0.274 e. The maximum absolute atomic E-state index is 12.3. The molecule has 2 aromatic carbocycles. The number of rotatable bonds is 5. The van der Waals surface area contributed by atoms with E-state index in [0.29, 0.717) is 29.3 Å². The van der Waals surface area contributed by atoms with E-state index in [1.165, 1.54) is 0 Å². The van der Waals surface area contributed by atoms with Crippen molar-refractivity contribution in [1.29, 1.82) is 0 Å². The first-order valence-electron chi connectivity index (χ1n) is 7.97. The van der Waals surface area contributed by atoms with Crippen LogP contribution in [0.1, 0.15) is 11.3 Å². The number of fused-ring (bicyclic) bond motifs is 1. The molecule has 1 aliphatic heterocycles. The second kappa shape index (κ2) is 6.75. The third-order valence-electron chi connectivity index (χ3n) is 3.93. The highest BCUT2D eigenvalue weighted by atomic mass is 16.7. The number of hydrogen-bond donors (Lipinski definition) is 2. The van der Waals surface area contributed by atoms with E-state index in [-0.39, 0.29) is 18.3 Å². The van der Waals surface area contributed by atoms with Crippen LogP contribution in [0, 0.1) is 0 Å². The Hall–Kier alpha value is -3.55. The lowest BCUT2D eigenvalue weighted by Crippen LogP contribution is -2.18. The molecule has 26 heavy (non-hydrogen) atoms. The van der Waals surface area contributed by atoms with Gasteiger partial charge in [-0.1, -0.05) is 12.1 Å². The van der Waals surface area contributed by atoms with Crippen molar-refractivity contribution in [3.63, 3.8) is 0 Å². The molecule has 3 aromatic rings. The molecular weight excluding hydrogens is 336 g/mol. The minimum Gasteiger partial charge on any atom is -0.497 e. The van der Waals surface area contributed by atoms with Crippen LogP contribution >= 0.6 is 0 Å². The lowest BCUT2D eigenvalue weighted by molar-refractivity contribution is 0.174. The van der Waals surface area contributed by atoms with E-state index in [0.717, 1.165) is 11.3 Å². The fourth-order valence-electron chi connectivity index (χ4n) is 2.58. The van der Waals surface area contributed by atoms with Crippen molar-refractivity contribution in [3.8, 4) is 17.2 Å². The Morgan fingerprint density at radius 3 is 2.69 bits per heavy atom. The van der Waals surface area contributed by atoms with E-state index >= 15 is 0 Å². The number of H-pyrrole nitrogens is 1. The van der Waals surface area contributed by atoms with Gasteiger partial charge in [0.25, 0.3) is 5.56 Å². The molecule has 4 rings (SSSR count). The number of anilines is 2. The third-order valence-corrected chi connectivity index (χ3v) is 3.93. The summed E-state index contributed by atoms with van der Waals surface area (Å²) < 4.78 is 15.7. The van der Waals surface area contributed by atoms with E-state index in [2.05, 4.69) is 20.5 Å². The monoisotopic (exact) mass is 352 g/mol. The van der Waals surface area contributed by atoms with Gasteiger partial charge in [0.2, 0.25) is 12.7 Å². The molecule has 0 saturated carbocycles. The Bertz CT molecular complexity index is 985. The molecule has 1 aliphatic rings. The number of methoxy groups -OCH3 is 1. The molecule has 0 radical (unpaired) electrons. The Labute approximate surface area is 148 Å². The first kappa shape index (κ1) is 15.9. The molecule has 0 unspecified atom stereocenters. The third kappa shape index (κ3) is 3.30. The lowest BCUT2D eigenvalue weighted by Gasteiger charge is -2.07. The summed E-state index contributed by atoms with van der Waals surface area (Å²) in [5, 5.41) is 11.1. The molecule has 1 aromatic heterocycles. The van der Waals surface area contributed by atoms with Crippen LogP contribution in [0.15, 0.2) is 47.3 Å². The van der Waals surface area contributed by atoms with Crippen LogP contribution in [0.25, 0.3) is 0 Å². The Balaban J connectivity index is 1.49. The van der Waals surface area contributed by atoms with Gasteiger partial charge in [0, 0.05) is 18.2 Å². The van der Waals surface area contributed by atoms with Crippen molar-refractivity contribution in [2.45, 2.75) is 6.42 Å². The Morgan fingerprint density at radius 2 is 1.92 bits per heavy atom. The molecular formula is C18H16N4O4. The van der Waals surface area contributed by atoms with Crippen LogP contribution < -0.4 is 25.1 Å². The number of hydrogen-bond acceptors (Lipinski definition) is 7. The second-order valence-electron chi connectivity index (χ2n) is 5.67. The van der Waals surface area contributed by atoms with Gasteiger partial charge in [-0.15, -0.1) is 10.2 Å². The normalized spacial score (nSPS) is 12.0. The van der Waals surface area contributed by atoms with Crippen molar-refractivity contribution in [1.82, 2.24) is 15.2 Å². The van der Waals surface area contributed by atoms with Gasteiger partial charge < -0.3 is 19.5 Å². The summed E-state index contributed by atoms with van der Waals surface area (Å²) in [6.45, 7) is 0.204. The molecule has 132 valence electrons. The lowest BCUT2D eigenvalue weighted by atomic mass is 10.1. The largest absolute Gasteiger partial charge is 0.497 e. The van der Waals surface area contributed by atoms with Crippen LogP contribution in [0.5, 0.6) is 17.2 Å². The fourth-order valence-corrected chi connectivity index (χ4v) is 2.58. The Morgan fingerprint density at radius 1 is 1.12 bits per heavy atom. The molecule has 0 bridgehead atoms. The average Bonchev–Trinajstić information content (AvgIpc) is 3.12. The van der Waals surface area contributed by atoms with E-state index in [9.17, 15) is 4.79 Å². The van der Waals surface area contributed by atoms with E-state index in [1.54, 1.807) is 25.3 Å². The summed E-state index contributed by atoms with van der Waals surface area (Å²) in [4.78, 5) is 15.0. The summed E-state index contributed by atoms with van der Waals surface area (Å²) in [7, 11) is 1.61. The zero-order valence-corrected chi connectivity index (χ0v) is 14.0. The quantitative estimate of drug-likeness (QED) is 0.726. The van der Waals surface area contributed by atoms with Crippen molar-refractivity contribution in [3.05, 3.63) is 64.1 Å². The number of benzene rings is 2. The first-order valence-corrected chi connectivity index (χ1v) is 7.97. The van der Waals surface area contributed by atoms with E-state index < -0.39 is 0 Å². The maximum Gasteiger partial charge on any atom is 0.274 e. The van der Waals surface area contributed by atoms with Crippen LogP contribution in [-0.4, -0.2) is 29.1 Å². The predicted octanol–water partition coefficient (Wildman–Crippen LogP) is 2.24. The SMILES string of the molecule is COc1ccc(Cc2nnc(Nc3ccc4c(c3)OCO4)[nH]c2=O)cc1. The highest BCUT2D eigenvalue weighted by Gasteiger charge is 2.14. The van der Waals surface area contributed by atoms with Gasteiger partial charge in [-0.25, -0.2) is 0 Å². The number of aromatic nitrogens is 3. The second-order valence-corrected chi connectivity index (χ2v) is 5.67. The standard InChI is InChI=1S/C18H16N4O4/c1-24-13-5-2-11(3-6-13)8-14-17(23)20-18(22-21-14)19-12-4-7-15-16(9-12)26-10-25-15/h2-7,9H,8,10H2,1H3,(H2,19,20,22,23). The average molecular weight is 352 g/mol. The van der Waals surface area contributed by atoms with Crippen LogP contribution in [0.4, 0.5) is 11.6 Å². The van der Waals surface area contributed by atoms with E-state index in [1.807, 2.05) is 24.3 Å². The van der Waals surface area contributed by atoms with Crippen molar-refractivity contribution >= 4 is 11.6 Å². The first-order chi connectivity index (χ1) is 12.7. The number of nitrogens with one attached hydrogen (secondary N) is 2. The van der Waals surface area contributed by atoms with Gasteiger partial charge >= 0.3 is 0 Å². The molecule has 0 aliphatic carbocycles. The van der Waals surface area contributed by atoms with Gasteiger partial charge in [0.05, 0.1) is 7.11 Å². The summed E-state index contributed by atoms with van der Waals surface area (Å²) in [6.07, 6.45) is 0.386. The van der Waals surface area contributed by atoms with Gasteiger partial charge in [0.1, 0.15) is 11.4 Å².